The summed E-state index contributed by atoms with van der Waals surface area (Å²) in [6.45, 7) is 2.65. The van der Waals surface area contributed by atoms with Gasteiger partial charge >= 0.3 is 6.18 Å². The van der Waals surface area contributed by atoms with Gasteiger partial charge in [0.15, 0.2) is 0 Å². The third-order valence-corrected chi connectivity index (χ3v) is 4.35. The smallest absolute Gasteiger partial charge is 0.340 e. The first kappa shape index (κ1) is 22.8. The van der Waals surface area contributed by atoms with Crippen LogP contribution in [-0.4, -0.2) is 67.7 Å². The van der Waals surface area contributed by atoms with E-state index >= 15 is 0 Å². The maximum Gasteiger partial charge on any atom is 0.401 e. The summed E-state index contributed by atoms with van der Waals surface area (Å²) >= 11 is 0. The minimum Gasteiger partial charge on any atom is -0.340 e. The number of hydrogen-bond acceptors (Lipinski definition) is 3. The van der Waals surface area contributed by atoms with Crippen LogP contribution in [-0.2, 0) is 4.79 Å². The Balaban J connectivity index is 0.00000242. The number of nitrogens with one attached hydrogen (secondary N) is 1. The molecule has 0 aromatic heterocycles. The van der Waals surface area contributed by atoms with Crippen molar-refractivity contribution in [2.75, 3.05) is 45.8 Å². The average Bonchev–Trinajstić information content (AvgIpc) is 2.45. The monoisotopic (exact) mass is 379 g/mol. The standard InChI is InChI=1S/C14H24F3N3O.2ClH/c15-14(16,17)11-19-7-9-20(10-8-19)13(21)2-1-12-3-5-18-6-4-12;;/h12,18H,1-11H2;2*1H. The molecule has 2 heterocycles. The van der Waals surface area contributed by atoms with Gasteiger partial charge in [0.2, 0.25) is 5.91 Å². The highest BCUT2D eigenvalue weighted by Gasteiger charge is 2.32. The number of piperazine rings is 1. The average molecular weight is 380 g/mol. The molecule has 1 amide bonds. The number of alkyl halides is 3. The zero-order valence-electron chi connectivity index (χ0n) is 13.1. The Morgan fingerprint density at radius 2 is 1.61 bits per heavy atom. The van der Waals surface area contributed by atoms with Crippen LogP contribution in [0.3, 0.4) is 0 Å². The van der Waals surface area contributed by atoms with Gasteiger partial charge in [-0.2, -0.15) is 13.2 Å². The van der Waals surface area contributed by atoms with Crippen LogP contribution in [0.25, 0.3) is 0 Å². The van der Waals surface area contributed by atoms with Crippen LogP contribution in [0.15, 0.2) is 0 Å². The van der Waals surface area contributed by atoms with Crippen molar-refractivity contribution < 1.29 is 18.0 Å². The summed E-state index contributed by atoms with van der Waals surface area (Å²) in [5.41, 5.74) is 0. The Morgan fingerprint density at radius 1 is 1.04 bits per heavy atom. The zero-order chi connectivity index (χ0) is 15.3. The van der Waals surface area contributed by atoms with Crippen LogP contribution >= 0.6 is 24.8 Å². The number of halogens is 5. The van der Waals surface area contributed by atoms with Crippen molar-refractivity contribution >= 4 is 30.7 Å². The topological polar surface area (TPSA) is 35.6 Å². The fourth-order valence-corrected chi connectivity index (χ4v) is 3.07. The van der Waals surface area contributed by atoms with Gasteiger partial charge in [-0.1, -0.05) is 0 Å². The van der Waals surface area contributed by atoms with E-state index in [-0.39, 0.29) is 30.7 Å². The van der Waals surface area contributed by atoms with E-state index in [4.69, 9.17) is 0 Å². The second kappa shape index (κ2) is 10.6. The molecule has 0 aromatic carbocycles. The predicted molar refractivity (Wildman–Crippen MR) is 88.4 cm³/mol. The zero-order valence-corrected chi connectivity index (χ0v) is 14.7. The van der Waals surface area contributed by atoms with Crippen molar-refractivity contribution in [3.05, 3.63) is 0 Å². The molecule has 2 aliphatic heterocycles. The van der Waals surface area contributed by atoms with Gasteiger partial charge < -0.3 is 10.2 Å². The van der Waals surface area contributed by atoms with Crippen molar-refractivity contribution in [2.24, 2.45) is 5.92 Å². The molecule has 9 heteroatoms. The van der Waals surface area contributed by atoms with Crippen LogP contribution in [0.2, 0.25) is 0 Å². The van der Waals surface area contributed by atoms with Gasteiger partial charge in [0, 0.05) is 32.6 Å². The number of amides is 1. The van der Waals surface area contributed by atoms with Gasteiger partial charge in [-0.05, 0) is 38.3 Å². The number of rotatable bonds is 4. The minimum absolute atomic E-state index is 0. The van der Waals surface area contributed by atoms with Crippen LogP contribution in [0, 0.1) is 5.92 Å². The van der Waals surface area contributed by atoms with Crippen molar-refractivity contribution in [3.63, 3.8) is 0 Å². The Morgan fingerprint density at radius 3 is 2.13 bits per heavy atom. The summed E-state index contributed by atoms with van der Waals surface area (Å²) in [5.74, 6) is 0.710. The molecule has 2 fully saturated rings. The molecule has 1 N–H and O–H groups in total. The Hall–Kier alpha value is -0.240. The maximum absolute atomic E-state index is 12.3. The highest BCUT2D eigenvalue weighted by Crippen LogP contribution is 2.20. The van der Waals surface area contributed by atoms with E-state index in [1.807, 2.05) is 0 Å². The summed E-state index contributed by atoms with van der Waals surface area (Å²) in [4.78, 5) is 15.2. The summed E-state index contributed by atoms with van der Waals surface area (Å²) in [6, 6.07) is 0. The number of hydrogen-bond donors (Lipinski definition) is 1. The van der Waals surface area contributed by atoms with Crippen LogP contribution in [0.5, 0.6) is 0 Å². The fourth-order valence-electron chi connectivity index (χ4n) is 3.07. The van der Waals surface area contributed by atoms with Crippen LogP contribution in [0.1, 0.15) is 25.7 Å². The Labute approximate surface area is 148 Å². The highest BCUT2D eigenvalue weighted by molar-refractivity contribution is 5.85. The molecule has 2 saturated heterocycles. The molecule has 0 aliphatic carbocycles. The molecular weight excluding hydrogens is 354 g/mol. The first-order valence-corrected chi connectivity index (χ1v) is 7.71. The van der Waals surface area contributed by atoms with E-state index in [0.29, 0.717) is 38.5 Å². The van der Waals surface area contributed by atoms with E-state index in [9.17, 15) is 18.0 Å². The molecule has 4 nitrogen and oxygen atoms in total. The summed E-state index contributed by atoms with van der Waals surface area (Å²) in [6.07, 6.45) is -0.478. The van der Waals surface area contributed by atoms with Crippen molar-refractivity contribution in [3.8, 4) is 0 Å². The van der Waals surface area contributed by atoms with E-state index in [1.165, 1.54) is 4.90 Å². The van der Waals surface area contributed by atoms with Crippen molar-refractivity contribution in [2.45, 2.75) is 31.9 Å². The summed E-state index contributed by atoms with van der Waals surface area (Å²) in [7, 11) is 0. The van der Waals surface area contributed by atoms with Gasteiger partial charge in [-0.25, -0.2) is 0 Å². The number of nitrogens with zero attached hydrogens (tertiary/aromatic N) is 2. The third-order valence-electron chi connectivity index (χ3n) is 4.35. The van der Waals surface area contributed by atoms with Crippen molar-refractivity contribution in [1.82, 2.24) is 15.1 Å². The lowest BCUT2D eigenvalue weighted by molar-refractivity contribution is -0.151. The first-order valence-electron chi connectivity index (χ1n) is 7.71. The van der Waals surface area contributed by atoms with E-state index in [1.54, 1.807) is 4.90 Å². The van der Waals surface area contributed by atoms with Crippen LogP contribution in [0.4, 0.5) is 13.2 Å². The van der Waals surface area contributed by atoms with E-state index < -0.39 is 12.7 Å². The molecule has 0 bridgehead atoms. The van der Waals surface area contributed by atoms with Gasteiger partial charge in [-0.15, -0.1) is 24.8 Å². The van der Waals surface area contributed by atoms with Crippen molar-refractivity contribution in [1.29, 1.82) is 0 Å². The van der Waals surface area contributed by atoms with E-state index in [0.717, 1.165) is 32.4 Å². The largest absolute Gasteiger partial charge is 0.401 e. The maximum atomic E-state index is 12.3. The number of piperidine rings is 1. The molecule has 0 unspecified atom stereocenters. The molecule has 138 valence electrons. The Kier molecular flexibility index (Phi) is 10.5. The number of carbonyl (C=O) groups is 1. The van der Waals surface area contributed by atoms with Gasteiger partial charge in [0.05, 0.1) is 6.54 Å². The van der Waals surface area contributed by atoms with Crippen LogP contribution < -0.4 is 5.32 Å². The summed E-state index contributed by atoms with van der Waals surface area (Å²) < 4.78 is 36.9. The normalized spacial score (nSPS) is 20.6. The molecule has 0 radical (unpaired) electrons. The molecule has 0 aromatic rings. The molecule has 23 heavy (non-hydrogen) atoms. The second-order valence-corrected chi connectivity index (χ2v) is 6.00. The molecule has 2 aliphatic rings. The summed E-state index contributed by atoms with van der Waals surface area (Å²) in [5, 5.41) is 3.30. The third kappa shape index (κ3) is 8.42. The van der Waals surface area contributed by atoms with Gasteiger partial charge in [0.1, 0.15) is 0 Å². The fraction of sp³-hybridized carbons (Fsp3) is 0.929. The predicted octanol–water partition coefficient (Wildman–Crippen LogP) is 2.32. The second-order valence-electron chi connectivity index (χ2n) is 6.00. The molecule has 2 rings (SSSR count). The molecule has 0 saturated carbocycles. The SMILES string of the molecule is Cl.Cl.O=C(CCC1CCNCC1)N1CCN(CC(F)(F)F)CC1. The lowest BCUT2D eigenvalue weighted by Gasteiger charge is -2.35. The molecular formula is C14H26Cl2F3N3O. The number of carbonyl (C=O) groups excluding carboxylic acids is 1. The van der Waals surface area contributed by atoms with Gasteiger partial charge in [0.25, 0.3) is 0 Å². The quantitative estimate of drug-likeness (QED) is 0.813. The minimum atomic E-state index is -4.15. The highest BCUT2D eigenvalue weighted by atomic mass is 35.5. The molecule has 0 atom stereocenters. The van der Waals surface area contributed by atoms with E-state index in [2.05, 4.69) is 5.32 Å². The van der Waals surface area contributed by atoms with Gasteiger partial charge in [-0.3, -0.25) is 9.69 Å². The lowest BCUT2D eigenvalue weighted by atomic mass is 9.93. The lowest BCUT2D eigenvalue weighted by Crippen LogP contribution is -2.50. The molecule has 0 spiro atoms. The Bertz CT molecular complexity index is 345. The first-order chi connectivity index (χ1) is 9.94.